The van der Waals surface area contributed by atoms with Gasteiger partial charge in [0.1, 0.15) is 0 Å². The molecule has 0 saturated heterocycles. The van der Waals surface area contributed by atoms with Gasteiger partial charge in [-0.1, -0.05) is 19.9 Å². The van der Waals surface area contributed by atoms with Crippen molar-refractivity contribution in [2.45, 2.75) is 26.8 Å². The summed E-state index contributed by atoms with van der Waals surface area (Å²) in [7, 11) is 4.01. The van der Waals surface area contributed by atoms with E-state index in [4.69, 9.17) is 5.73 Å². The standard InChI is InChI=1S/C15H25N3O/c1-10(2)14(9-18(4)5)17-15(19)12-7-6-8-13(16)11(12)3/h6-8,10,14H,9,16H2,1-5H3,(H,17,19). The minimum absolute atomic E-state index is 0.0506. The average molecular weight is 263 g/mol. The molecule has 0 spiro atoms. The van der Waals surface area contributed by atoms with Gasteiger partial charge in [-0.2, -0.15) is 0 Å². The Morgan fingerprint density at radius 2 is 2.00 bits per heavy atom. The van der Waals surface area contributed by atoms with Gasteiger partial charge in [0.15, 0.2) is 0 Å². The van der Waals surface area contributed by atoms with Crippen molar-refractivity contribution in [3.05, 3.63) is 29.3 Å². The van der Waals surface area contributed by atoms with Crippen LogP contribution >= 0.6 is 0 Å². The van der Waals surface area contributed by atoms with Crippen molar-refractivity contribution in [1.29, 1.82) is 0 Å². The minimum atomic E-state index is -0.0506. The molecule has 1 amide bonds. The number of likely N-dealkylation sites (N-methyl/N-ethyl adjacent to an activating group) is 1. The molecule has 1 aromatic carbocycles. The Hall–Kier alpha value is -1.55. The first-order chi connectivity index (χ1) is 8.82. The molecule has 0 aliphatic carbocycles. The Morgan fingerprint density at radius 1 is 1.37 bits per heavy atom. The highest BCUT2D eigenvalue weighted by atomic mass is 16.1. The molecule has 0 aliphatic rings. The number of amides is 1. The number of anilines is 1. The fourth-order valence-corrected chi connectivity index (χ4v) is 1.96. The molecule has 0 heterocycles. The Kier molecular flexibility index (Phi) is 5.36. The summed E-state index contributed by atoms with van der Waals surface area (Å²) in [5, 5.41) is 3.10. The summed E-state index contributed by atoms with van der Waals surface area (Å²) in [6, 6.07) is 5.57. The van der Waals surface area contributed by atoms with E-state index >= 15 is 0 Å². The lowest BCUT2D eigenvalue weighted by Crippen LogP contribution is -2.45. The lowest BCUT2D eigenvalue weighted by Gasteiger charge is -2.26. The number of nitrogens with two attached hydrogens (primary N) is 1. The van der Waals surface area contributed by atoms with Gasteiger partial charge in [0.2, 0.25) is 0 Å². The van der Waals surface area contributed by atoms with Crippen molar-refractivity contribution in [3.63, 3.8) is 0 Å². The van der Waals surface area contributed by atoms with Crippen molar-refractivity contribution in [3.8, 4) is 0 Å². The number of nitrogen functional groups attached to an aromatic ring is 1. The molecule has 1 atom stereocenters. The van der Waals surface area contributed by atoms with Crippen LogP contribution in [0.5, 0.6) is 0 Å². The van der Waals surface area contributed by atoms with E-state index in [1.807, 2.05) is 39.2 Å². The molecule has 4 heteroatoms. The molecule has 0 fully saturated rings. The monoisotopic (exact) mass is 263 g/mol. The summed E-state index contributed by atoms with van der Waals surface area (Å²) in [5.74, 6) is 0.332. The highest BCUT2D eigenvalue weighted by Crippen LogP contribution is 2.16. The zero-order valence-corrected chi connectivity index (χ0v) is 12.5. The highest BCUT2D eigenvalue weighted by Gasteiger charge is 2.19. The van der Waals surface area contributed by atoms with Gasteiger partial charge in [0.05, 0.1) is 0 Å². The zero-order chi connectivity index (χ0) is 14.6. The van der Waals surface area contributed by atoms with Gasteiger partial charge in [0, 0.05) is 23.8 Å². The van der Waals surface area contributed by atoms with Crippen LogP contribution in [0.1, 0.15) is 29.8 Å². The third kappa shape index (κ3) is 4.24. The van der Waals surface area contributed by atoms with Gasteiger partial charge in [0.25, 0.3) is 5.91 Å². The largest absolute Gasteiger partial charge is 0.398 e. The molecule has 3 N–H and O–H groups in total. The summed E-state index contributed by atoms with van der Waals surface area (Å²) in [4.78, 5) is 14.4. The number of benzene rings is 1. The topological polar surface area (TPSA) is 58.4 Å². The second kappa shape index (κ2) is 6.57. The van der Waals surface area contributed by atoms with E-state index < -0.39 is 0 Å². The van der Waals surface area contributed by atoms with Crippen molar-refractivity contribution in [2.75, 3.05) is 26.4 Å². The first-order valence-electron chi connectivity index (χ1n) is 6.63. The predicted molar refractivity (Wildman–Crippen MR) is 80.2 cm³/mol. The molecule has 1 unspecified atom stereocenters. The lowest BCUT2D eigenvalue weighted by atomic mass is 10.0. The molecule has 0 aliphatic heterocycles. The van der Waals surface area contributed by atoms with Crippen molar-refractivity contribution in [2.24, 2.45) is 5.92 Å². The van der Waals surface area contributed by atoms with Gasteiger partial charge in [-0.05, 0) is 44.6 Å². The molecule has 0 radical (unpaired) electrons. The maximum absolute atomic E-state index is 12.3. The van der Waals surface area contributed by atoms with Crippen molar-refractivity contribution in [1.82, 2.24) is 10.2 Å². The molecule has 19 heavy (non-hydrogen) atoms. The van der Waals surface area contributed by atoms with Gasteiger partial charge >= 0.3 is 0 Å². The van der Waals surface area contributed by atoms with Crippen LogP contribution in [0.4, 0.5) is 5.69 Å². The molecule has 1 rings (SSSR count). The van der Waals surface area contributed by atoms with E-state index in [9.17, 15) is 4.79 Å². The summed E-state index contributed by atoms with van der Waals surface area (Å²) < 4.78 is 0. The summed E-state index contributed by atoms with van der Waals surface area (Å²) in [6.07, 6.45) is 0. The first kappa shape index (κ1) is 15.5. The van der Waals surface area contributed by atoms with Gasteiger partial charge in [-0.25, -0.2) is 0 Å². The normalized spacial score (nSPS) is 12.8. The fourth-order valence-electron chi connectivity index (χ4n) is 1.96. The second-order valence-electron chi connectivity index (χ2n) is 5.61. The lowest BCUT2D eigenvalue weighted by molar-refractivity contribution is 0.0916. The summed E-state index contributed by atoms with van der Waals surface area (Å²) in [5.41, 5.74) is 7.99. The Balaban J connectivity index is 2.85. The first-order valence-corrected chi connectivity index (χ1v) is 6.63. The number of hydrogen-bond donors (Lipinski definition) is 2. The van der Waals surface area contributed by atoms with Crippen LogP contribution in [0.3, 0.4) is 0 Å². The second-order valence-corrected chi connectivity index (χ2v) is 5.61. The van der Waals surface area contributed by atoms with Gasteiger partial charge in [-0.15, -0.1) is 0 Å². The van der Waals surface area contributed by atoms with Crippen LogP contribution in [-0.2, 0) is 0 Å². The third-order valence-electron chi connectivity index (χ3n) is 3.30. The Labute approximate surface area is 116 Å². The van der Waals surface area contributed by atoms with Crippen LogP contribution in [-0.4, -0.2) is 37.5 Å². The number of rotatable bonds is 5. The third-order valence-corrected chi connectivity index (χ3v) is 3.30. The van der Waals surface area contributed by atoms with Crippen LogP contribution in [0.15, 0.2) is 18.2 Å². The molecule has 0 saturated carbocycles. The van der Waals surface area contributed by atoms with Crippen LogP contribution < -0.4 is 11.1 Å². The van der Waals surface area contributed by atoms with Gasteiger partial charge in [-0.3, -0.25) is 4.79 Å². The van der Waals surface area contributed by atoms with E-state index in [0.29, 0.717) is 17.2 Å². The summed E-state index contributed by atoms with van der Waals surface area (Å²) >= 11 is 0. The molecule has 4 nitrogen and oxygen atoms in total. The van der Waals surface area contributed by atoms with Crippen LogP contribution in [0.2, 0.25) is 0 Å². The number of hydrogen-bond acceptors (Lipinski definition) is 3. The maximum Gasteiger partial charge on any atom is 0.251 e. The Morgan fingerprint density at radius 3 is 2.53 bits per heavy atom. The number of nitrogens with one attached hydrogen (secondary N) is 1. The van der Waals surface area contributed by atoms with Gasteiger partial charge < -0.3 is 16.0 Å². The fraction of sp³-hybridized carbons (Fsp3) is 0.533. The van der Waals surface area contributed by atoms with E-state index in [1.54, 1.807) is 0 Å². The van der Waals surface area contributed by atoms with E-state index in [0.717, 1.165) is 12.1 Å². The summed E-state index contributed by atoms with van der Waals surface area (Å²) in [6.45, 7) is 6.92. The zero-order valence-electron chi connectivity index (χ0n) is 12.5. The molecule has 0 bridgehead atoms. The van der Waals surface area contributed by atoms with Crippen LogP contribution in [0.25, 0.3) is 0 Å². The molecule has 106 valence electrons. The quantitative estimate of drug-likeness (QED) is 0.798. The predicted octanol–water partition coefficient (Wildman–Crippen LogP) is 1.89. The van der Waals surface area contributed by atoms with E-state index in [-0.39, 0.29) is 11.9 Å². The van der Waals surface area contributed by atoms with Crippen molar-refractivity contribution < 1.29 is 4.79 Å². The smallest absolute Gasteiger partial charge is 0.251 e. The average Bonchev–Trinajstić information content (AvgIpc) is 2.31. The number of nitrogens with zero attached hydrogens (tertiary/aromatic N) is 1. The molecule has 1 aromatic rings. The van der Waals surface area contributed by atoms with Crippen molar-refractivity contribution >= 4 is 11.6 Å². The molecule has 0 aromatic heterocycles. The SMILES string of the molecule is Cc1c(N)cccc1C(=O)NC(CN(C)C)C(C)C. The molecular formula is C15H25N3O. The minimum Gasteiger partial charge on any atom is -0.398 e. The van der Waals surface area contributed by atoms with E-state index in [2.05, 4.69) is 24.1 Å². The number of carbonyl (C=O) groups is 1. The number of carbonyl (C=O) groups excluding carboxylic acids is 1. The van der Waals surface area contributed by atoms with Crippen LogP contribution in [0, 0.1) is 12.8 Å². The molecular weight excluding hydrogens is 238 g/mol. The highest BCUT2D eigenvalue weighted by molar-refractivity contribution is 5.97. The maximum atomic E-state index is 12.3. The Bertz CT molecular complexity index is 441. The van der Waals surface area contributed by atoms with E-state index in [1.165, 1.54) is 0 Å².